The average Bonchev–Trinajstić information content (AvgIpc) is 3.57. The van der Waals surface area contributed by atoms with Crippen molar-refractivity contribution in [3.05, 3.63) is 28.5 Å². The van der Waals surface area contributed by atoms with E-state index in [1.807, 2.05) is 0 Å². The van der Waals surface area contributed by atoms with Gasteiger partial charge < -0.3 is 20.6 Å². The lowest BCUT2D eigenvalue weighted by Gasteiger charge is -2.26. The SMILES string of the molecule is C[C@H](NC(=O)c1nc(C(=O)N2[C@H]3CC[C@@H]2CC3)c(-c2cnc(N[C@@H](C)C(F)(F)F)cc2C(F)F)s1)C(C)(C)O. The first kappa shape index (κ1) is 29.1. The maximum atomic E-state index is 14.2. The molecule has 8 nitrogen and oxygen atoms in total. The fourth-order valence-electron chi connectivity index (χ4n) is 4.77. The maximum absolute atomic E-state index is 14.2. The Labute approximate surface area is 226 Å². The zero-order valence-corrected chi connectivity index (χ0v) is 22.6. The molecule has 2 aromatic heterocycles. The number of aromatic nitrogens is 2. The summed E-state index contributed by atoms with van der Waals surface area (Å²) in [6, 6.07) is -1.95. The van der Waals surface area contributed by atoms with Crippen LogP contribution in [-0.2, 0) is 0 Å². The summed E-state index contributed by atoms with van der Waals surface area (Å²) in [6.07, 6.45) is -3.52. The molecule has 0 aliphatic carbocycles. The second-order valence-electron chi connectivity index (χ2n) is 10.6. The molecule has 14 heteroatoms. The van der Waals surface area contributed by atoms with E-state index in [2.05, 4.69) is 20.6 Å². The number of amides is 2. The molecule has 0 aromatic carbocycles. The van der Waals surface area contributed by atoms with Gasteiger partial charge in [0.25, 0.3) is 18.2 Å². The third-order valence-corrected chi connectivity index (χ3v) is 8.48. The molecule has 4 rings (SSSR count). The Kier molecular flexibility index (Phi) is 7.92. The first-order chi connectivity index (χ1) is 18.1. The lowest BCUT2D eigenvalue weighted by molar-refractivity contribution is -0.138. The summed E-state index contributed by atoms with van der Waals surface area (Å²) >= 11 is 0.713. The van der Waals surface area contributed by atoms with E-state index in [-0.39, 0.29) is 33.2 Å². The molecule has 2 aliphatic heterocycles. The van der Waals surface area contributed by atoms with E-state index < -0.39 is 53.5 Å². The molecule has 39 heavy (non-hydrogen) atoms. The zero-order chi connectivity index (χ0) is 28.9. The van der Waals surface area contributed by atoms with Gasteiger partial charge in [-0.25, -0.2) is 18.7 Å². The largest absolute Gasteiger partial charge is 0.408 e. The number of halogens is 5. The molecule has 2 saturated heterocycles. The van der Waals surface area contributed by atoms with Crippen molar-refractivity contribution in [2.45, 2.75) is 95.7 Å². The van der Waals surface area contributed by atoms with E-state index >= 15 is 0 Å². The van der Waals surface area contributed by atoms with E-state index in [0.29, 0.717) is 11.3 Å². The topological polar surface area (TPSA) is 107 Å². The van der Waals surface area contributed by atoms with Crippen LogP contribution in [0.1, 0.15) is 85.7 Å². The number of carbonyl (C=O) groups is 2. The van der Waals surface area contributed by atoms with Gasteiger partial charge in [0.2, 0.25) is 0 Å². The highest BCUT2D eigenvalue weighted by Crippen LogP contribution is 2.42. The van der Waals surface area contributed by atoms with Crippen LogP contribution < -0.4 is 10.6 Å². The number of nitrogens with one attached hydrogen (secondary N) is 2. The second kappa shape index (κ2) is 10.6. The van der Waals surface area contributed by atoms with Crippen molar-refractivity contribution in [2.75, 3.05) is 5.32 Å². The third-order valence-electron chi connectivity index (χ3n) is 7.39. The zero-order valence-electron chi connectivity index (χ0n) is 21.8. The average molecular weight is 576 g/mol. The van der Waals surface area contributed by atoms with Crippen molar-refractivity contribution >= 4 is 29.0 Å². The summed E-state index contributed by atoms with van der Waals surface area (Å²) in [5.74, 6) is -1.61. The molecule has 2 atom stereocenters. The molecule has 2 aromatic rings. The van der Waals surface area contributed by atoms with E-state index in [4.69, 9.17) is 0 Å². The summed E-state index contributed by atoms with van der Waals surface area (Å²) in [5.41, 5.74) is -2.31. The Balaban J connectivity index is 1.77. The molecule has 2 amide bonds. The Morgan fingerprint density at radius 3 is 2.21 bits per heavy atom. The highest BCUT2D eigenvalue weighted by Gasteiger charge is 2.44. The van der Waals surface area contributed by atoms with Crippen LogP contribution in [-0.4, -0.2) is 67.7 Å². The normalized spacial score (nSPS) is 20.8. The van der Waals surface area contributed by atoms with E-state index in [1.54, 1.807) is 11.8 Å². The number of aliphatic hydroxyl groups is 1. The number of anilines is 1. The molecule has 0 saturated carbocycles. The first-order valence-electron chi connectivity index (χ1n) is 12.6. The smallest absolute Gasteiger partial charge is 0.388 e. The Morgan fingerprint density at radius 2 is 1.69 bits per heavy atom. The minimum Gasteiger partial charge on any atom is -0.388 e. The van der Waals surface area contributed by atoms with Gasteiger partial charge in [-0.1, -0.05) is 0 Å². The highest BCUT2D eigenvalue weighted by molar-refractivity contribution is 7.17. The van der Waals surface area contributed by atoms with Gasteiger partial charge in [0.05, 0.1) is 16.5 Å². The lowest BCUT2D eigenvalue weighted by Crippen LogP contribution is -2.47. The number of hydrogen-bond acceptors (Lipinski definition) is 7. The predicted molar refractivity (Wildman–Crippen MR) is 135 cm³/mol. The lowest BCUT2D eigenvalue weighted by atomic mass is 10.0. The van der Waals surface area contributed by atoms with Gasteiger partial charge in [0.15, 0.2) is 5.01 Å². The van der Waals surface area contributed by atoms with Gasteiger partial charge >= 0.3 is 6.18 Å². The molecule has 0 unspecified atom stereocenters. The van der Waals surface area contributed by atoms with Crippen molar-refractivity contribution in [1.29, 1.82) is 0 Å². The van der Waals surface area contributed by atoms with Gasteiger partial charge in [-0.05, 0) is 59.4 Å². The van der Waals surface area contributed by atoms with Crippen LogP contribution in [0.25, 0.3) is 10.4 Å². The van der Waals surface area contributed by atoms with Crippen LogP contribution in [0.4, 0.5) is 27.8 Å². The standard InChI is InChI=1S/C25H30F5N5O3S/c1-11(24(3,4)38)33-21(36)22-34-18(23(37)35-13-5-6-14(35)8-7-13)19(39-22)16-10-31-17(9-15(16)20(26)27)32-12(2)25(28,29)30/h9-14,20,38H,5-8H2,1-4H3,(H,31,32)(H,33,36)/t11-,12-,13-,14+/m0/s1. The maximum Gasteiger partial charge on any atom is 0.408 e. The molecule has 4 heterocycles. The van der Waals surface area contributed by atoms with Crippen LogP contribution in [0.3, 0.4) is 0 Å². The van der Waals surface area contributed by atoms with Gasteiger partial charge in [-0.3, -0.25) is 9.59 Å². The van der Waals surface area contributed by atoms with Gasteiger partial charge in [0, 0.05) is 29.4 Å². The number of rotatable bonds is 8. The van der Waals surface area contributed by atoms with Gasteiger partial charge in [-0.15, -0.1) is 11.3 Å². The first-order valence-corrected chi connectivity index (χ1v) is 13.4. The van der Waals surface area contributed by atoms with Crippen molar-refractivity contribution in [3.8, 4) is 10.4 Å². The van der Waals surface area contributed by atoms with Gasteiger partial charge in [-0.2, -0.15) is 13.2 Å². The van der Waals surface area contributed by atoms with Crippen LogP contribution in [0, 0.1) is 0 Å². The van der Waals surface area contributed by atoms with Crippen LogP contribution in [0.5, 0.6) is 0 Å². The molecule has 2 fully saturated rings. The van der Waals surface area contributed by atoms with E-state index in [0.717, 1.165) is 44.9 Å². The Hall–Kier alpha value is -2.87. The molecule has 3 N–H and O–H groups in total. The second-order valence-corrected chi connectivity index (χ2v) is 11.6. The monoisotopic (exact) mass is 575 g/mol. The third kappa shape index (κ3) is 6.01. The number of pyridine rings is 1. The van der Waals surface area contributed by atoms with Crippen molar-refractivity contribution < 1.29 is 36.6 Å². The van der Waals surface area contributed by atoms with Crippen LogP contribution >= 0.6 is 11.3 Å². The molecule has 2 bridgehead atoms. The molecule has 0 radical (unpaired) electrons. The fraction of sp³-hybridized carbons (Fsp3) is 0.600. The number of thiazole rings is 1. The molecule has 214 valence electrons. The summed E-state index contributed by atoms with van der Waals surface area (Å²) in [5, 5.41) is 14.7. The summed E-state index contributed by atoms with van der Waals surface area (Å²) < 4.78 is 67.4. The summed E-state index contributed by atoms with van der Waals surface area (Å²) in [6.45, 7) is 5.41. The number of nitrogens with zero attached hydrogens (tertiary/aromatic N) is 3. The van der Waals surface area contributed by atoms with Crippen molar-refractivity contribution in [1.82, 2.24) is 20.2 Å². The Morgan fingerprint density at radius 1 is 1.10 bits per heavy atom. The van der Waals surface area contributed by atoms with Crippen molar-refractivity contribution in [3.63, 3.8) is 0 Å². The minimum absolute atomic E-state index is 0.00679. The minimum atomic E-state index is -4.62. The molecule has 0 spiro atoms. The quantitative estimate of drug-likeness (QED) is 0.376. The van der Waals surface area contributed by atoms with Crippen LogP contribution in [0.15, 0.2) is 12.3 Å². The fourth-order valence-corrected chi connectivity index (χ4v) is 5.76. The number of carbonyl (C=O) groups excluding carboxylic acids is 2. The number of alkyl halides is 5. The van der Waals surface area contributed by atoms with E-state index in [1.165, 1.54) is 13.8 Å². The Bertz CT molecular complexity index is 1230. The number of fused-ring (bicyclic) bond motifs is 2. The van der Waals surface area contributed by atoms with E-state index in [9.17, 15) is 36.6 Å². The molecule has 2 aliphatic rings. The highest BCUT2D eigenvalue weighted by atomic mass is 32.1. The van der Waals surface area contributed by atoms with Gasteiger partial charge in [0.1, 0.15) is 17.6 Å². The molecular weight excluding hydrogens is 545 g/mol. The summed E-state index contributed by atoms with van der Waals surface area (Å²) in [7, 11) is 0. The summed E-state index contributed by atoms with van der Waals surface area (Å²) in [4.78, 5) is 36.5. The van der Waals surface area contributed by atoms with Crippen LogP contribution in [0.2, 0.25) is 0 Å². The predicted octanol–water partition coefficient (Wildman–Crippen LogP) is 5.16. The number of hydrogen-bond donors (Lipinski definition) is 3. The van der Waals surface area contributed by atoms with Crippen molar-refractivity contribution in [2.24, 2.45) is 0 Å². The molecular formula is C25H30F5N5O3S.